The molecule has 1 atom stereocenters. The van der Waals surface area contributed by atoms with Gasteiger partial charge in [0.15, 0.2) is 0 Å². The second-order valence-corrected chi connectivity index (χ2v) is 12.6. The molecule has 1 aromatic rings. The number of rotatable bonds is 6. The molecule has 0 unspecified atom stereocenters. The zero-order chi connectivity index (χ0) is 21.6. The third-order valence-electron chi connectivity index (χ3n) is 8.61. The summed E-state index contributed by atoms with van der Waals surface area (Å²) in [6.07, 6.45) is 11.9. The van der Waals surface area contributed by atoms with E-state index in [1.54, 1.807) is 28.6 Å². The van der Waals surface area contributed by atoms with Crippen LogP contribution in [0.1, 0.15) is 81.5 Å². The van der Waals surface area contributed by atoms with Gasteiger partial charge >= 0.3 is 0 Å². The average Bonchev–Trinajstić information content (AvgIpc) is 2.77. The summed E-state index contributed by atoms with van der Waals surface area (Å²) in [4.78, 5) is 13.4. The molecule has 1 amide bonds. The lowest BCUT2D eigenvalue weighted by atomic mass is 9.47. The smallest absolute Gasteiger partial charge is 0.251 e. The summed E-state index contributed by atoms with van der Waals surface area (Å²) in [6, 6.07) is 6.77. The lowest BCUT2D eigenvalue weighted by Gasteiger charge is -2.59. The van der Waals surface area contributed by atoms with E-state index in [1.807, 2.05) is 0 Å². The zero-order valence-corrected chi connectivity index (χ0v) is 19.5. The molecule has 6 heteroatoms. The minimum absolute atomic E-state index is 0.0653. The highest BCUT2D eigenvalue weighted by atomic mass is 32.2. The summed E-state index contributed by atoms with van der Waals surface area (Å²) in [5.41, 5.74) is 0.831. The standard InChI is InChI=1S/C25H36N2O3S/c1-2-23(25-15-18-12-19(16-25)14-20(13-18)17-25)26-24(28)21-6-8-22(9-7-21)31(29,30)27-10-4-3-5-11-27/h6-9,18-20,23H,2-5,10-17H2,1H3,(H,26,28)/t18?,19?,20?,23-,25?/m1/s1. The van der Waals surface area contributed by atoms with Gasteiger partial charge in [-0.3, -0.25) is 4.79 Å². The normalized spacial score (nSPS) is 33.9. The van der Waals surface area contributed by atoms with Crippen molar-refractivity contribution in [2.24, 2.45) is 23.2 Å². The maximum absolute atomic E-state index is 13.1. The predicted octanol–water partition coefficient (Wildman–Crippen LogP) is 4.59. The molecule has 170 valence electrons. The van der Waals surface area contributed by atoms with Crippen LogP contribution < -0.4 is 5.32 Å². The molecule has 1 aliphatic heterocycles. The van der Waals surface area contributed by atoms with Crippen molar-refractivity contribution < 1.29 is 13.2 Å². The Morgan fingerprint density at radius 1 is 1.00 bits per heavy atom. The van der Waals surface area contributed by atoms with Crippen LogP contribution >= 0.6 is 0 Å². The van der Waals surface area contributed by atoms with Crippen LogP contribution in [0, 0.1) is 23.2 Å². The molecule has 6 rings (SSSR count). The van der Waals surface area contributed by atoms with Gasteiger partial charge in [-0.15, -0.1) is 0 Å². The van der Waals surface area contributed by atoms with Crippen LogP contribution in [0.5, 0.6) is 0 Å². The first kappa shape index (κ1) is 21.4. The molecule has 4 aliphatic carbocycles. The highest BCUT2D eigenvalue weighted by Crippen LogP contribution is 2.61. The van der Waals surface area contributed by atoms with Crippen molar-refractivity contribution in [1.82, 2.24) is 9.62 Å². The molecule has 1 aromatic carbocycles. The Kier molecular flexibility index (Phi) is 5.66. The van der Waals surface area contributed by atoms with Gasteiger partial charge < -0.3 is 5.32 Å². The fourth-order valence-electron chi connectivity index (χ4n) is 7.57. The number of sulfonamides is 1. The number of amides is 1. The third kappa shape index (κ3) is 3.95. The summed E-state index contributed by atoms with van der Waals surface area (Å²) in [6.45, 7) is 3.37. The Hall–Kier alpha value is -1.40. The van der Waals surface area contributed by atoms with Gasteiger partial charge in [-0.25, -0.2) is 8.42 Å². The van der Waals surface area contributed by atoms with Crippen LogP contribution in [0.15, 0.2) is 29.2 Å². The Bertz CT molecular complexity index is 883. The first-order valence-corrected chi connectivity index (χ1v) is 13.7. The first-order chi connectivity index (χ1) is 14.9. The molecule has 4 bridgehead atoms. The number of hydrogen-bond acceptors (Lipinski definition) is 3. The molecule has 5 fully saturated rings. The fraction of sp³-hybridized carbons (Fsp3) is 0.720. The molecule has 5 aliphatic rings. The Labute approximate surface area is 187 Å². The number of nitrogens with zero attached hydrogens (tertiary/aromatic N) is 1. The number of carbonyl (C=O) groups excluding carboxylic acids is 1. The number of nitrogens with one attached hydrogen (secondary N) is 1. The summed E-state index contributed by atoms with van der Waals surface area (Å²) in [7, 11) is -3.46. The van der Waals surface area contributed by atoms with Crippen molar-refractivity contribution in [3.05, 3.63) is 29.8 Å². The van der Waals surface area contributed by atoms with Gasteiger partial charge in [-0.05, 0) is 105 Å². The van der Waals surface area contributed by atoms with Crippen LogP contribution in [-0.4, -0.2) is 37.8 Å². The maximum Gasteiger partial charge on any atom is 0.251 e. The lowest BCUT2D eigenvalue weighted by molar-refractivity contribution is -0.0727. The maximum atomic E-state index is 13.1. The number of benzene rings is 1. The van der Waals surface area contributed by atoms with Crippen molar-refractivity contribution in [2.75, 3.05) is 13.1 Å². The fourth-order valence-corrected chi connectivity index (χ4v) is 9.08. The van der Waals surface area contributed by atoms with Crippen molar-refractivity contribution in [3.63, 3.8) is 0 Å². The SMILES string of the molecule is CC[C@@H](NC(=O)c1ccc(S(=O)(=O)N2CCCCC2)cc1)C12CC3CC(CC(C3)C1)C2. The van der Waals surface area contributed by atoms with E-state index >= 15 is 0 Å². The molecule has 0 spiro atoms. The van der Waals surface area contributed by atoms with Crippen molar-refractivity contribution >= 4 is 15.9 Å². The summed E-state index contributed by atoms with van der Waals surface area (Å²) in [5.74, 6) is 2.51. The molecule has 31 heavy (non-hydrogen) atoms. The van der Waals surface area contributed by atoms with Crippen LogP contribution in [0.4, 0.5) is 0 Å². The highest BCUT2D eigenvalue weighted by Gasteiger charge is 2.54. The second-order valence-electron chi connectivity index (χ2n) is 10.7. The quantitative estimate of drug-likeness (QED) is 0.698. The molecule has 4 saturated carbocycles. The van der Waals surface area contributed by atoms with E-state index < -0.39 is 10.0 Å². The monoisotopic (exact) mass is 444 g/mol. The molecule has 0 aromatic heterocycles. The van der Waals surface area contributed by atoms with Crippen molar-refractivity contribution in [1.29, 1.82) is 0 Å². The predicted molar refractivity (Wildman–Crippen MR) is 121 cm³/mol. The molecule has 1 heterocycles. The number of carbonyl (C=O) groups is 1. The highest BCUT2D eigenvalue weighted by molar-refractivity contribution is 7.89. The van der Waals surface area contributed by atoms with Crippen LogP contribution in [-0.2, 0) is 10.0 Å². The van der Waals surface area contributed by atoms with Gasteiger partial charge in [0.2, 0.25) is 10.0 Å². The molecule has 1 N–H and O–H groups in total. The van der Waals surface area contributed by atoms with Gasteiger partial charge in [-0.1, -0.05) is 13.3 Å². The van der Waals surface area contributed by atoms with E-state index in [9.17, 15) is 13.2 Å². The third-order valence-corrected chi connectivity index (χ3v) is 10.5. The summed E-state index contributed by atoms with van der Waals surface area (Å²) < 4.78 is 27.3. The van der Waals surface area contributed by atoms with Gasteiger partial charge in [-0.2, -0.15) is 4.31 Å². The van der Waals surface area contributed by atoms with Gasteiger partial charge in [0.25, 0.3) is 5.91 Å². The van der Waals surface area contributed by atoms with E-state index in [0.717, 1.165) is 43.4 Å². The minimum atomic E-state index is -3.46. The summed E-state index contributed by atoms with van der Waals surface area (Å²) in [5, 5.41) is 3.36. The van der Waals surface area contributed by atoms with Gasteiger partial charge in [0, 0.05) is 24.7 Å². The second kappa shape index (κ2) is 8.18. The topological polar surface area (TPSA) is 66.5 Å². The molecule has 5 nitrogen and oxygen atoms in total. The van der Waals surface area contributed by atoms with E-state index in [1.165, 1.54) is 38.5 Å². The van der Waals surface area contributed by atoms with Crippen LogP contribution in [0.2, 0.25) is 0 Å². The Balaban J connectivity index is 1.29. The molecular formula is C25H36N2O3S. The average molecular weight is 445 g/mol. The summed E-state index contributed by atoms with van der Waals surface area (Å²) >= 11 is 0. The van der Waals surface area contributed by atoms with Crippen LogP contribution in [0.3, 0.4) is 0 Å². The minimum Gasteiger partial charge on any atom is -0.349 e. The van der Waals surface area contributed by atoms with Gasteiger partial charge in [0.1, 0.15) is 0 Å². The molecule has 1 saturated heterocycles. The first-order valence-electron chi connectivity index (χ1n) is 12.3. The van der Waals surface area contributed by atoms with Crippen molar-refractivity contribution in [3.8, 4) is 0 Å². The van der Waals surface area contributed by atoms with E-state index in [4.69, 9.17) is 0 Å². The van der Waals surface area contributed by atoms with Crippen molar-refractivity contribution in [2.45, 2.75) is 82.1 Å². The Morgan fingerprint density at radius 3 is 2.06 bits per heavy atom. The molecule has 0 radical (unpaired) electrons. The molecular weight excluding hydrogens is 408 g/mol. The van der Waals surface area contributed by atoms with Crippen LogP contribution in [0.25, 0.3) is 0 Å². The number of piperidine rings is 1. The van der Waals surface area contributed by atoms with E-state index in [2.05, 4.69) is 12.2 Å². The van der Waals surface area contributed by atoms with E-state index in [0.29, 0.717) is 23.5 Å². The Morgan fingerprint density at radius 2 is 1.55 bits per heavy atom. The lowest BCUT2D eigenvalue weighted by Crippen LogP contribution is -2.56. The largest absolute Gasteiger partial charge is 0.349 e. The zero-order valence-electron chi connectivity index (χ0n) is 18.7. The number of hydrogen-bond donors (Lipinski definition) is 1. The van der Waals surface area contributed by atoms with Gasteiger partial charge in [0.05, 0.1) is 4.90 Å². The van der Waals surface area contributed by atoms with E-state index in [-0.39, 0.29) is 17.4 Å².